The van der Waals surface area contributed by atoms with Crippen LogP contribution in [0.25, 0.3) is 0 Å². The summed E-state index contributed by atoms with van der Waals surface area (Å²) in [6.45, 7) is 2.90. The largest absolute Gasteiger partial charge is 0.507 e. The zero-order valence-corrected chi connectivity index (χ0v) is 27.9. The standard InChI is InChI=1S/C12H11N3O6S2.C10H7N3O4S.C2H5ClO2S/c1-2-23(19,20)21-9-6-4-3-5-8(9)11(16)14-12-13-7-10(22-12)15(17)18;14-7-4-2-1-3-6(7)9(15)12-10-11-5-8(18-10)13(16)17;1-2-6(3,4)5/h3-7H,2H2,1H3,(H,13,14,16);1-5,14H,(H,11,12,15);2H2,1H3. The fourth-order valence-corrected chi connectivity index (χ4v) is 4.52. The number of nitro groups is 2. The number of benzene rings is 2. The van der Waals surface area contributed by atoms with Crippen molar-refractivity contribution >= 4 is 84.6 Å². The molecule has 47 heavy (non-hydrogen) atoms. The minimum atomic E-state index is -3.79. The van der Waals surface area contributed by atoms with Gasteiger partial charge in [-0.25, -0.2) is 18.4 Å². The van der Waals surface area contributed by atoms with Gasteiger partial charge in [-0.3, -0.25) is 40.5 Å². The van der Waals surface area contributed by atoms with Gasteiger partial charge in [0.1, 0.15) is 18.1 Å². The molecular weight excluding hydrogens is 728 g/mol. The highest BCUT2D eigenvalue weighted by Crippen LogP contribution is 2.28. The number of carbonyl (C=O) groups excluding carboxylic acids is 2. The smallest absolute Gasteiger partial charge is 0.345 e. The summed E-state index contributed by atoms with van der Waals surface area (Å²) >= 11 is 1.43. The van der Waals surface area contributed by atoms with Crippen molar-refractivity contribution in [2.24, 2.45) is 0 Å². The molecule has 2 heterocycles. The lowest BCUT2D eigenvalue weighted by Gasteiger charge is -2.09. The van der Waals surface area contributed by atoms with Gasteiger partial charge < -0.3 is 9.29 Å². The van der Waals surface area contributed by atoms with Crippen molar-refractivity contribution in [1.29, 1.82) is 0 Å². The summed E-state index contributed by atoms with van der Waals surface area (Å²) in [5, 5.41) is 35.0. The maximum absolute atomic E-state index is 12.2. The number of phenolic OH excluding ortho intramolecular Hbond substituents is 1. The molecule has 0 fully saturated rings. The molecule has 0 unspecified atom stereocenters. The van der Waals surface area contributed by atoms with Crippen LogP contribution in [-0.2, 0) is 19.2 Å². The van der Waals surface area contributed by atoms with E-state index in [2.05, 4.69) is 31.3 Å². The van der Waals surface area contributed by atoms with Crippen LogP contribution in [-0.4, -0.2) is 65.1 Å². The third kappa shape index (κ3) is 12.9. The molecule has 0 atom stereocenters. The molecule has 4 rings (SSSR count). The van der Waals surface area contributed by atoms with Gasteiger partial charge in [-0.1, -0.05) is 31.2 Å². The number of carbonyl (C=O) groups is 2. The molecule has 2 aromatic heterocycles. The highest BCUT2D eigenvalue weighted by molar-refractivity contribution is 8.13. The Kier molecular flexibility index (Phi) is 14.1. The van der Waals surface area contributed by atoms with Crippen molar-refractivity contribution in [3.8, 4) is 11.5 Å². The number of para-hydroxylation sites is 2. The summed E-state index contributed by atoms with van der Waals surface area (Å²) in [4.78, 5) is 51.2. The Hall–Kier alpha value is -4.77. The number of thiazole rings is 2. The van der Waals surface area contributed by atoms with Gasteiger partial charge in [0, 0.05) is 10.7 Å². The second-order valence-electron chi connectivity index (χ2n) is 8.20. The van der Waals surface area contributed by atoms with Crippen LogP contribution < -0.4 is 14.8 Å². The van der Waals surface area contributed by atoms with E-state index < -0.39 is 40.8 Å². The van der Waals surface area contributed by atoms with Crippen molar-refractivity contribution in [2.45, 2.75) is 13.8 Å². The van der Waals surface area contributed by atoms with E-state index in [-0.39, 0.29) is 54.4 Å². The molecule has 2 amide bonds. The zero-order chi connectivity index (χ0) is 35.4. The molecule has 0 aliphatic carbocycles. The molecule has 18 nitrogen and oxygen atoms in total. The first-order chi connectivity index (χ1) is 22.0. The highest BCUT2D eigenvalue weighted by Gasteiger charge is 2.20. The third-order valence-corrected chi connectivity index (χ3v) is 9.20. The molecule has 0 bridgehead atoms. The first-order valence-corrected chi connectivity index (χ1v) is 18.2. The fourth-order valence-electron chi connectivity index (χ4n) is 2.73. The molecule has 0 aliphatic rings. The summed E-state index contributed by atoms with van der Waals surface area (Å²) < 4.78 is 47.5. The van der Waals surface area contributed by atoms with Gasteiger partial charge >= 0.3 is 20.1 Å². The van der Waals surface area contributed by atoms with Crippen LogP contribution in [0, 0.1) is 20.2 Å². The number of nitrogens with zero attached hydrogens (tertiary/aromatic N) is 4. The number of hydrogen-bond donors (Lipinski definition) is 3. The first-order valence-electron chi connectivity index (χ1n) is 12.5. The maximum atomic E-state index is 12.2. The predicted octanol–water partition coefficient (Wildman–Crippen LogP) is 4.62. The molecule has 4 aromatic rings. The molecule has 0 aliphatic heterocycles. The van der Waals surface area contributed by atoms with E-state index >= 15 is 0 Å². The number of halogens is 1. The Bertz CT molecular complexity index is 1970. The Labute approximate surface area is 278 Å². The van der Waals surface area contributed by atoms with Crippen molar-refractivity contribution in [3.63, 3.8) is 0 Å². The van der Waals surface area contributed by atoms with Crippen molar-refractivity contribution in [2.75, 3.05) is 22.1 Å². The Morgan fingerprint density at radius 1 is 0.830 bits per heavy atom. The number of anilines is 2. The third-order valence-electron chi connectivity index (χ3n) is 4.98. The first kappa shape index (κ1) is 38.4. The van der Waals surface area contributed by atoms with Crippen molar-refractivity contribution < 1.29 is 45.6 Å². The van der Waals surface area contributed by atoms with E-state index in [4.69, 9.17) is 4.18 Å². The summed E-state index contributed by atoms with van der Waals surface area (Å²) in [7, 11) is -2.29. The van der Waals surface area contributed by atoms with E-state index in [0.29, 0.717) is 11.3 Å². The molecule has 2 aromatic carbocycles. The Balaban J connectivity index is 0.000000284. The summed E-state index contributed by atoms with van der Waals surface area (Å²) in [5.74, 6) is -1.79. The van der Waals surface area contributed by atoms with Crippen LogP contribution in [0.15, 0.2) is 60.9 Å². The van der Waals surface area contributed by atoms with Crippen LogP contribution in [0.5, 0.6) is 11.5 Å². The number of nitrogens with one attached hydrogen (secondary N) is 2. The topological polar surface area (TPSA) is 268 Å². The lowest BCUT2D eigenvalue weighted by Crippen LogP contribution is -2.17. The van der Waals surface area contributed by atoms with E-state index in [1.54, 1.807) is 12.1 Å². The van der Waals surface area contributed by atoms with Crippen LogP contribution in [0.2, 0.25) is 0 Å². The molecular formula is C24H23ClN6O12S4. The second-order valence-corrected chi connectivity index (χ2v) is 15.1. The number of hydrogen-bond acceptors (Lipinski definition) is 16. The maximum Gasteiger partial charge on any atom is 0.345 e. The second kappa shape index (κ2) is 17.2. The summed E-state index contributed by atoms with van der Waals surface area (Å²) in [5.41, 5.74) is 0.0535. The average molecular weight is 751 g/mol. The number of aromatic hydroxyl groups is 1. The fraction of sp³-hybridized carbons (Fsp3) is 0.167. The lowest BCUT2D eigenvalue weighted by molar-refractivity contribution is -0.380. The van der Waals surface area contributed by atoms with Crippen LogP contribution in [0.4, 0.5) is 20.3 Å². The molecule has 252 valence electrons. The van der Waals surface area contributed by atoms with Gasteiger partial charge in [0.15, 0.2) is 16.0 Å². The van der Waals surface area contributed by atoms with Gasteiger partial charge in [-0.05, 0) is 53.9 Å². The normalized spacial score (nSPS) is 10.7. The quantitative estimate of drug-likeness (QED) is 0.0864. The van der Waals surface area contributed by atoms with Gasteiger partial charge in [0.05, 0.1) is 32.5 Å². The lowest BCUT2D eigenvalue weighted by atomic mass is 10.2. The van der Waals surface area contributed by atoms with Gasteiger partial charge in [-0.2, -0.15) is 8.42 Å². The summed E-state index contributed by atoms with van der Waals surface area (Å²) in [6, 6.07) is 11.8. The SMILES string of the molecule is CCS(=O)(=O)Cl.CCS(=O)(=O)Oc1ccccc1C(=O)Nc1ncc([N+](=O)[O-])s1.O=C(Nc1ncc([N+](=O)[O-])s1)c1ccccc1O. The van der Waals surface area contributed by atoms with Crippen LogP contribution in [0.3, 0.4) is 0 Å². The number of phenols is 1. The Morgan fingerprint density at radius 2 is 1.26 bits per heavy atom. The van der Waals surface area contributed by atoms with E-state index in [1.165, 1.54) is 50.2 Å². The van der Waals surface area contributed by atoms with Gasteiger partial charge in [0.2, 0.25) is 9.05 Å². The molecule has 0 saturated carbocycles. The average Bonchev–Trinajstić information content (AvgIpc) is 3.68. The minimum absolute atomic E-state index is 0.00849. The van der Waals surface area contributed by atoms with Crippen molar-refractivity contribution in [1.82, 2.24) is 9.97 Å². The van der Waals surface area contributed by atoms with Crippen LogP contribution in [0.1, 0.15) is 34.6 Å². The van der Waals surface area contributed by atoms with E-state index in [9.17, 15) is 51.8 Å². The van der Waals surface area contributed by atoms with Crippen LogP contribution >= 0.6 is 33.4 Å². The molecule has 0 spiro atoms. The minimum Gasteiger partial charge on any atom is -0.507 e. The van der Waals surface area contributed by atoms with Gasteiger partial charge in [0.25, 0.3) is 11.8 Å². The van der Waals surface area contributed by atoms with Gasteiger partial charge in [-0.15, -0.1) is 0 Å². The molecule has 0 saturated heterocycles. The molecule has 3 N–H and O–H groups in total. The number of amides is 2. The predicted molar refractivity (Wildman–Crippen MR) is 173 cm³/mol. The highest BCUT2D eigenvalue weighted by atomic mass is 35.7. The van der Waals surface area contributed by atoms with E-state index in [0.717, 1.165) is 23.7 Å². The zero-order valence-electron chi connectivity index (χ0n) is 23.9. The number of rotatable bonds is 10. The number of aromatic nitrogens is 2. The van der Waals surface area contributed by atoms with E-state index in [1.807, 2.05) is 0 Å². The Morgan fingerprint density at radius 3 is 1.66 bits per heavy atom. The summed E-state index contributed by atoms with van der Waals surface area (Å²) in [6.07, 6.45) is 2.08. The molecule has 0 radical (unpaired) electrons. The molecule has 23 heteroatoms. The monoisotopic (exact) mass is 750 g/mol. The van der Waals surface area contributed by atoms with Crippen molar-refractivity contribution in [3.05, 3.63) is 92.3 Å².